The Morgan fingerprint density at radius 3 is 2.35 bits per heavy atom. The summed E-state index contributed by atoms with van der Waals surface area (Å²) in [5.41, 5.74) is 8.86. The standard InChI is InChI=1S/C24H21N3O3S/c25-14-16-10-12-18(13-11-16)21(27-24(29)30-15-17-6-2-1-3-7-17)22(28)23-26-19-8-4-5-9-20(19)31-23/h1-13,21H,14-15,25H2,(H,27,29). The van der Waals surface area contributed by atoms with E-state index in [1.807, 2.05) is 66.7 Å². The van der Waals surface area contributed by atoms with Crippen LogP contribution in [0.5, 0.6) is 0 Å². The van der Waals surface area contributed by atoms with Gasteiger partial charge in [0.05, 0.1) is 10.2 Å². The number of thiazole rings is 1. The molecule has 31 heavy (non-hydrogen) atoms. The third kappa shape index (κ3) is 4.96. The van der Waals surface area contributed by atoms with E-state index >= 15 is 0 Å². The van der Waals surface area contributed by atoms with Gasteiger partial charge < -0.3 is 15.8 Å². The number of nitrogens with zero attached hydrogens (tertiary/aromatic N) is 1. The summed E-state index contributed by atoms with van der Waals surface area (Å²) in [5.74, 6) is -0.293. The summed E-state index contributed by atoms with van der Waals surface area (Å²) in [4.78, 5) is 30.3. The van der Waals surface area contributed by atoms with Crippen LogP contribution in [0.1, 0.15) is 32.5 Å². The highest BCUT2D eigenvalue weighted by atomic mass is 32.1. The topological polar surface area (TPSA) is 94.3 Å². The molecule has 4 aromatic rings. The molecular formula is C24H21N3O3S. The van der Waals surface area contributed by atoms with Gasteiger partial charge in [0.15, 0.2) is 5.01 Å². The largest absolute Gasteiger partial charge is 0.445 e. The molecule has 0 radical (unpaired) electrons. The SMILES string of the molecule is NCc1ccc(C(NC(=O)OCc2ccccc2)C(=O)c2nc3ccccc3s2)cc1. The first-order chi connectivity index (χ1) is 15.1. The lowest BCUT2D eigenvalue weighted by Gasteiger charge is -2.17. The van der Waals surface area contributed by atoms with E-state index in [4.69, 9.17) is 10.5 Å². The fourth-order valence-corrected chi connectivity index (χ4v) is 4.07. The van der Waals surface area contributed by atoms with Crippen LogP contribution in [0.2, 0.25) is 0 Å². The second-order valence-corrected chi connectivity index (χ2v) is 7.97. The van der Waals surface area contributed by atoms with Gasteiger partial charge in [0.1, 0.15) is 12.6 Å². The van der Waals surface area contributed by atoms with E-state index in [0.717, 1.165) is 21.3 Å². The summed E-state index contributed by atoms with van der Waals surface area (Å²) < 4.78 is 6.24. The van der Waals surface area contributed by atoms with E-state index < -0.39 is 12.1 Å². The highest BCUT2D eigenvalue weighted by Gasteiger charge is 2.27. The first-order valence-electron chi connectivity index (χ1n) is 9.80. The Balaban J connectivity index is 1.57. The predicted octanol–water partition coefficient (Wildman–Crippen LogP) is 4.61. The molecule has 0 fully saturated rings. The molecule has 1 aromatic heterocycles. The molecule has 0 aliphatic heterocycles. The number of alkyl carbamates (subject to hydrolysis) is 1. The number of nitrogens with two attached hydrogens (primary N) is 1. The van der Waals surface area contributed by atoms with Crippen molar-refractivity contribution < 1.29 is 14.3 Å². The molecule has 0 bridgehead atoms. The molecular weight excluding hydrogens is 410 g/mol. The van der Waals surface area contributed by atoms with Crippen LogP contribution in [-0.2, 0) is 17.9 Å². The summed E-state index contributed by atoms with van der Waals surface area (Å²) in [6, 6.07) is 23.2. The van der Waals surface area contributed by atoms with Crippen LogP contribution in [0.3, 0.4) is 0 Å². The fourth-order valence-electron chi connectivity index (χ4n) is 3.13. The van der Waals surface area contributed by atoms with Gasteiger partial charge in [0.2, 0.25) is 5.78 Å². The highest BCUT2D eigenvalue weighted by Crippen LogP contribution is 2.26. The molecule has 1 atom stereocenters. The van der Waals surface area contributed by atoms with Crippen LogP contribution in [-0.4, -0.2) is 16.9 Å². The molecule has 3 aromatic carbocycles. The second-order valence-electron chi connectivity index (χ2n) is 6.94. The Kier molecular flexibility index (Phi) is 6.35. The third-order valence-corrected chi connectivity index (χ3v) is 5.84. The van der Waals surface area contributed by atoms with E-state index in [2.05, 4.69) is 10.3 Å². The highest BCUT2D eigenvalue weighted by molar-refractivity contribution is 7.20. The van der Waals surface area contributed by atoms with E-state index in [0.29, 0.717) is 17.1 Å². The van der Waals surface area contributed by atoms with Crippen molar-refractivity contribution in [3.8, 4) is 0 Å². The van der Waals surface area contributed by atoms with Crippen LogP contribution >= 0.6 is 11.3 Å². The minimum atomic E-state index is -0.921. The lowest BCUT2D eigenvalue weighted by atomic mass is 10.0. The van der Waals surface area contributed by atoms with E-state index in [-0.39, 0.29) is 12.4 Å². The zero-order chi connectivity index (χ0) is 21.6. The number of aromatic nitrogens is 1. The van der Waals surface area contributed by atoms with Gasteiger partial charge in [0.25, 0.3) is 0 Å². The number of benzene rings is 3. The van der Waals surface area contributed by atoms with Crippen molar-refractivity contribution in [2.75, 3.05) is 0 Å². The van der Waals surface area contributed by atoms with Crippen LogP contribution in [0.4, 0.5) is 4.79 Å². The molecule has 0 saturated heterocycles. The smallest absolute Gasteiger partial charge is 0.408 e. The molecule has 1 amide bonds. The Morgan fingerprint density at radius 2 is 1.65 bits per heavy atom. The number of fused-ring (bicyclic) bond motifs is 1. The molecule has 0 spiro atoms. The minimum Gasteiger partial charge on any atom is -0.445 e. The number of hydrogen-bond acceptors (Lipinski definition) is 6. The normalized spacial score (nSPS) is 11.8. The van der Waals surface area contributed by atoms with Gasteiger partial charge >= 0.3 is 6.09 Å². The number of Topliss-reactive ketones (excluding diaryl/α,β-unsaturated/α-hetero) is 1. The quantitative estimate of drug-likeness (QED) is 0.417. The van der Waals surface area contributed by atoms with Crippen molar-refractivity contribution in [3.05, 3.63) is 101 Å². The van der Waals surface area contributed by atoms with Crippen LogP contribution in [0, 0.1) is 0 Å². The molecule has 6 nitrogen and oxygen atoms in total. The summed E-state index contributed by atoms with van der Waals surface area (Å²) in [7, 11) is 0. The second kappa shape index (κ2) is 9.51. The summed E-state index contributed by atoms with van der Waals surface area (Å²) in [6.45, 7) is 0.504. The average molecular weight is 432 g/mol. The maximum atomic E-state index is 13.3. The summed E-state index contributed by atoms with van der Waals surface area (Å²) in [5, 5.41) is 3.04. The molecule has 156 valence electrons. The number of ether oxygens (including phenoxy) is 1. The number of hydrogen-bond donors (Lipinski definition) is 2. The molecule has 1 unspecified atom stereocenters. The monoisotopic (exact) mass is 431 g/mol. The van der Waals surface area contributed by atoms with Crippen molar-refractivity contribution >= 4 is 33.4 Å². The van der Waals surface area contributed by atoms with Crippen molar-refractivity contribution in [3.63, 3.8) is 0 Å². The van der Waals surface area contributed by atoms with Gasteiger partial charge in [-0.05, 0) is 28.8 Å². The number of rotatable bonds is 7. The van der Waals surface area contributed by atoms with Crippen LogP contribution in [0.15, 0.2) is 78.9 Å². The van der Waals surface area contributed by atoms with E-state index in [9.17, 15) is 9.59 Å². The molecule has 1 heterocycles. The fraction of sp³-hybridized carbons (Fsp3) is 0.125. The van der Waals surface area contributed by atoms with Gasteiger partial charge in [-0.3, -0.25) is 4.79 Å². The Labute approximate surface area is 183 Å². The molecule has 3 N–H and O–H groups in total. The lowest BCUT2D eigenvalue weighted by Crippen LogP contribution is -2.34. The van der Waals surface area contributed by atoms with Gasteiger partial charge in [-0.1, -0.05) is 66.7 Å². The number of nitrogens with one attached hydrogen (secondary N) is 1. The van der Waals surface area contributed by atoms with Crippen molar-refractivity contribution in [2.24, 2.45) is 5.73 Å². The number of carbonyl (C=O) groups excluding carboxylic acids is 2. The van der Waals surface area contributed by atoms with Crippen molar-refractivity contribution in [1.29, 1.82) is 0 Å². The molecule has 0 aliphatic carbocycles. The Hall–Kier alpha value is -3.55. The first kappa shape index (κ1) is 20.7. The number of carbonyl (C=O) groups is 2. The third-order valence-electron chi connectivity index (χ3n) is 4.79. The summed E-state index contributed by atoms with van der Waals surface area (Å²) >= 11 is 1.30. The van der Waals surface area contributed by atoms with Gasteiger partial charge in [-0.2, -0.15) is 0 Å². The molecule has 0 saturated carbocycles. The predicted molar refractivity (Wildman–Crippen MR) is 121 cm³/mol. The van der Waals surface area contributed by atoms with Gasteiger partial charge in [-0.15, -0.1) is 11.3 Å². The zero-order valence-electron chi connectivity index (χ0n) is 16.7. The number of ketones is 1. The minimum absolute atomic E-state index is 0.112. The zero-order valence-corrected chi connectivity index (χ0v) is 17.5. The maximum Gasteiger partial charge on any atom is 0.408 e. The Morgan fingerprint density at radius 1 is 0.935 bits per heavy atom. The number of amides is 1. The van der Waals surface area contributed by atoms with Crippen molar-refractivity contribution in [2.45, 2.75) is 19.2 Å². The first-order valence-corrected chi connectivity index (χ1v) is 10.6. The number of para-hydroxylation sites is 1. The van der Waals surface area contributed by atoms with E-state index in [1.165, 1.54) is 11.3 Å². The molecule has 4 rings (SSSR count). The van der Waals surface area contributed by atoms with Gasteiger partial charge in [0, 0.05) is 6.54 Å². The van der Waals surface area contributed by atoms with Gasteiger partial charge in [-0.25, -0.2) is 9.78 Å². The van der Waals surface area contributed by atoms with Crippen LogP contribution < -0.4 is 11.1 Å². The average Bonchev–Trinajstić information content (AvgIpc) is 3.26. The van der Waals surface area contributed by atoms with Crippen molar-refractivity contribution in [1.82, 2.24) is 10.3 Å². The van der Waals surface area contributed by atoms with E-state index in [1.54, 1.807) is 12.1 Å². The summed E-state index contributed by atoms with van der Waals surface area (Å²) in [6.07, 6.45) is -0.675. The lowest BCUT2D eigenvalue weighted by molar-refractivity contribution is 0.0916. The van der Waals surface area contributed by atoms with Crippen LogP contribution in [0.25, 0.3) is 10.2 Å². The maximum absolute atomic E-state index is 13.3. The molecule has 7 heteroatoms. The Bertz CT molecular complexity index is 1160. The molecule has 0 aliphatic rings.